The first kappa shape index (κ1) is 26.2. The van der Waals surface area contributed by atoms with Crippen molar-refractivity contribution in [2.75, 3.05) is 33.8 Å². The van der Waals surface area contributed by atoms with E-state index in [4.69, 9.17) is 4.74 Å². The highest BCUT2D eigenvalue weighted by Gasteiger charge is 2.51. The van der Waals surface area contributed by atoms with Gasteiger partial charge in [-0.25, -0.2) is 4.79 Å². The number of likely N-dealkylation sites (N-methyl/N-ethyl adjacent to an activating group) is 1. The standard InChI is InChI=1S/C27H50N2O2S/c1-4-5-6-7-8-9-10-11-12-13-14-29(2,3)15-16-31-26(30)28-32-27-20-23-17-24(21-27)19-25(18-23)22-27/h23-25H,4-22H2,1-3H3/p+1. The molecule has 5 heteroatoms. The summed E-state index contributed by atoms with van der Waals surface area (Å²) >= 11 is 1.70. The molecule has 4 aliphatic rings. The van der Waals surface area contributed by atoms with E-state index >= 15 is 0 Å². The number of amides is 1. The Hall–Kier alpha value is -0.420. The predicted molar refractivity (Wildman–Crippen MR) is 137 cm³/mol. The summed E-state index contributed by atoms with van der Waals surface area (Å²) in [4.78, 5) is 12.3. The normalized spacial score (nSPS) is 28.8. The third-order valence-corrected chi connectivity index (χ3v) is 9.58. The molecule has 186 valence electrons. The Morgan fingerprint density at radius 3 is 1.88 bits per heavy atom. The van der Waals surface area contributed by atoms with E-state index in [1.807, 2.05) is 0 Å². The van der Waals surface area contributed by atoms with Crippen LogP contribution in [-0.4, -0.2) is 49.1 Å². The molecular formula is C27H51N2O2S+. The smallest absolute Gasteiger partial charge is 0.417 e. The molecule has 0 aromatic rings. The topological polar surface area (TPSA) is 38.3 Å². The molecule has 0 radical (unpaired) electrons. The molecule has 1 amide bonds. The first-order valence-corrected chi connectivity index (χ1v) is 14.6. The van der Waals surface area contributed by atoms with E-state index in [0.29, 0.717) is 11.4 Å². The Labute approximate surface area is 202 Å². The lowest BCUT2D eigenvalue weighted by Gasteiger charge is -2.55. The van der Waals surface area contributed by atoms with Crippen LogP contribution in [0.3, 0.4) is 0 Å². The van der Waals surface area contributed by atoms with Crippen LogP contribution in [0.2, 0.25) is 0 Å². The average Bonchev–Trinajstić information content (AvgIpc) is 2.72. The molecule has 0 atom stereocenters. The van der Waals surface area contributed by atoms with Gasteiger partial charge in [-0.3, -0.25) is 4.72 Å². The van der Waals surface area contributed by atoms with Gasteiger partial charge in [-0.05, 0) is 81.1 Å². The minimum absolute atomic E-state index is 0.232. The fraction of sp³-hybridized carbons (Fsp3) is 0.963. The monoisotopic (exact) mass is 467 g/mol. The summed E-state index contributed by atoms with van der Waals surface area (Å²) in [7, 11) is 4.53. The second-order valence-corrected chi connectivity index (χ2v) is 13.3. The number of hydrogen-bond acceptors (Lipinski definition) is 3. The summed E-state index contributed by atoms with van der Waals surface area (Å²) in [5.41, 5.74) is 0. The van der Waals surface area contributed by atoms with Crippen LogP contribution in [0.25, 0.3) is 0 Å². The highest BCUT2D eigenvalue weighted by Crippen LogP contribution is 2.60. The summed E-state index contributed by atoms with van der Waals surface area (Å²) in [6, 6.07) is 0. The lowest BCUT2D eigenvalue weighted by Crippen LogP contribution is -2.50. The van der Waals surface area contributed by atoms with E-state index in [1.165, 1.54) is 109 Å². The van der Waals surface area contributed by atoms with Crippen molar-refractivity contribution in [2.24, 2.45) is 17.8 Å². The number of nitrogens with one attached hydrogen (secondary N) is 1. The fourth-order valence-corrected chi connectivity index (χ4v) is 8.18. The maximum atomic E-state index is 12.3. The molecule has 4 rings (SSSR count). The van der Waals surface area contributed by atoms with Crippen LogP contribution in [0.4, 0.5) is 4.79 Å². The van der Waals surface area contributed by atoms with Crippen LogP contribution in [-0.2, 0) is 4.74 Å². The van der Waals surface area contributed by atoms with Crippen LogP contribution in [0.15, 0.2) is 0 Å². The van der Waals surface area contributed by atoms with Crippen LogP contribution >= 0.6 is 11.9 Å². The minimum atomic E-state index is -0.232. The average molecular weight is 468 g/mol. The van der Waals surface area contributed by atoms with Gasteiger partial charge in [0, 0.05) is 4.75 Å². The molecule has 0 aromatic carbocycles. The first-order chi connectivity index (χ1) is 15.4. The fourth-order valence-electron chi connectivity index (χ4n) is 6.86. The molecule has 0 aromatic heterocycles. The number of carbonyl (C=O) groups excluding carboxylic acids is 1. The molecule has 4 saturated carbocycles. The maximum Gasteiger partial charge on any atom is 0.417 e. The van der Waals surface area contributed by atoms with Crippen molar-refractivity contribution < 1.29 is 14.0 Å². The van der Waals surface area contributed by atoms with Gasteiger partial charge in [-0.2, -0.15) is 0 Å². The Morgan fingerprint density at radius 2 is 1.34 bits per heavy atom. The van der Waals surface area contributed by atoms with Gasteiger partial charge in [0.05, 0.1) is 20.6 Å². The molecular weight excluding hydrogens is 416 g/mol. The van der Waals surface area contributed by atoms with Crippen molar-refractivity contribution in [3.8, 4) is 0 Å². The van der Waals surface area contributed by atoms with E-state index < -0.39 is 0 Å². The molecule has 0 aliphatic heterocycles. The second-order valence-electron chi connectivity index (χ2n) is 12.0. The number of hydrogen-bond donors (Lipinski definition) is 1. The summed E-state index contributed by atoms with van der Waals surface area (Å²) in [5.74, 6) is 2.74. The maximum absolute atomic E-state index is 12.3. The van der Waals surface area contributed by atoms with Crippen molar-refractivity contribution in [1.82, 2.24) is 4.72 Å². The van der Waals surface area contributed by atoms with Gasteiger partial charge in [0.1, 0.15) is 13.2 Å². The summed E-state index contributed by atoms with van der Waals surface area (Å²) in [5, 5.41) is 0. The molecule has 0 unspecified atom stereocenters. The summed E-state index contributed by atoms with van der Waals surface area (Å²) in [6.45, 7) is 4.86. The SMILES string of the molecule is CCCCCCCCCCCC[N+](C)(C)CCOC(=O)NSC12CC3CC(CC(C3)C1)C2. The highest BCUT2D eigenvalue weighted by atomic mass is 32.2. The Morgan fingerprint density at radius 1 is 0.844 bits per heavy atom. The van der Waals surface area contributed by atoms with Gasteiger partial charge in [0.2, 0.25) is 0 Å². The van der Waals surface area contributed by atoms with Gasteiger partial charge in [-0.1, -0.05) is 58.3 Å². The Kier molecular flexibility index (Phi) is 10.5. The van der Waals surface area contributed by atoms with Gasteiger partial charge < -0.3 is 9.22 Å². The molecule has 0 heterocycles. The van der Waals surface area contributed by atoms with Crippen LogP contribution in [0.1, 0.15) is 110 Å². The van der Waals surface area contributed by atoms with Crippen molar-refractivity contribution in [3.05, 3.63) is 0 Å². The predicted octanol–water partition coefficient (Wildman–Crippen LogP) is 7.33. The van der Waals surface area contributed by atoms with Crippen LogP contribution < -0.4 is 4.72 Å². The van der Waals surface area contributed by atoms with Crippen molar-refractivity contribution in [3.63, 3.8) is 0 Å². The lowest BCUT2D eigenvalue weighted by molar-refractivity contribution is -0.890. The van der Waals surface area contributed by atoms with Crippen molar-refractivity contribution in [1.29, 1.82) is 0 Å². The van der Waals surface area contributed by atoms with E-state index in [1.54, 1.807) is 11.9 Å². The van der Waals surface area contributed by atoms with Crippen molar-refractivity contribution >= 4 is 18.0 Å². The molecule has 0 saturated heterocycles. The zero-order valence-corrected chi connectivity index (χ0v) is 22.2. The molecule has 4 nitrogen and oxygen atoms in total. The van der Waals surface area contributed by atoms with E-state index in [0.717, 1.165) is 28.8 Å². The Balaban J connectivity index is 1.18. The van der Waals surface area contributed by atoms with Gasteiger partial charge in [-0.15, -0.1) is 0 Å². The molecule has 4 aliphatic carbocycles. The number of ether oxygens (including phenoxy) is 1. The van der Waals surface area contributed by atoms with E-state index in [9.17, 15) is 4.79 Å². The third kappa shape index (κ3) is 8.74. The van der Waals surface area contributed by atoms with E-state index in [2.05, 4.69) is 25.7 Å². The highest BCUT2D eigenvalue weighted by molar-refractivity contribution is 7.99. The first-order valence-electron chi connectivity index (χ1n) is 13.8. The molecule has 0 spiro atoms. The van der Waals surface area contributed by atoms with Gasteiger partial charge in [0.15, 0.2) is 0 Å². The van der Waals surface area contributed by atoms with Crippen molar-refractivity contribution in [2.45, 2.75) is 114 Å². The van der Waals surface area contributed by atoms with Crippen LogP contribution in [0.5, 0.6) is 0 Å². The Bertz CT molecular complexity index is 531. The largest absolute Gasteiger partial charge is 0.443 e. The third-order valence-electron chi connectivity index (χ3n) is 8.38. The van der Waals surface area contributed by atoms with E-state index in [-0.39, 0.29) is 6.09 Å². The minimum Gasteiger partial charge on any atom is -0.443 e. The zero-order valence-electron chi connectivity index (χ0n) is 21.3. The molecule has 1 N–H and O–H groups in total. The summed E-state index contributed by atoms with van der Waals surface area (Å²) < 4.78 is 9.86. The second kappa shape index (κ2) is 12.9. The quantitative estimate of drug-likeness (QED) is 0.147. The number of carbonyl (C=O) groups is 1. The number of unbranched alkanes of at least 4 members (excludes halogenated alkanes) is 9. The zero-order chi connectivity index (χ0) is 22.9. The number of nitrogens with zero attached hydrogens (tertiary/aromatic N) is 1. The summed E-state index contributed by atoms with van der Waals surface area (Å²) in [6.07, 6.45) is 21.8. The number of quaternary nitrogens is 1. The molecule has 4 fully saturated rings. The lowest BCUT2D eigenvalue weighted by atomic mass is 9.56. The van der Waals surface area contributed by atoms with Gasteiger partial charge >= 0.3 is 6.09 Å². The molecule has 32 heavy (non-hydrogen) atoms. The van der Waals surface area contributed by atoms with Crippen LogP contribution in [0, 0.1) is 17.8 Å². The molecule has 4 bridgehead atoms. The van der Waals surface area contributed by atoms with Gasteiger partial charge in [0.25, 0.3) is 0 Å². The number of rotatable bonds is 16.